The number of ether oxygens (including phenoxy) is 1. The quantitative estimate of drug-likeness (QED) is 0.401. The van der Waals surface area contributed by atoms with Crippen molar-refractivity contribution in [1.82, 2.24) is 15.3 Å². The van der Waals surface area contributed by atoms with Crippen LogP contribution in [0.5, 0.6) is 5.88 Å². The summed E-state index contributed by atoms with van der Waals surface area (Å²) in [4.78, 5) is 21.1. The Morgan fingerprint density at radius 3 is 2.63 bits per heavy atom. The molecule has 2 aromatic carbocycles. The number of benzene rings is 2. The van der Waals surface area contributed by atoms with Gasteiger partial charge in [0.1, 0.15) is 18.0 Å². The summed E-state index contributed by atoms with van der Waals surface area (Å²) < 4.78 is 18.8. The van der Waals surface area contributed by atoms with E-state index in [4.69, 9.17) is 16.3 Å². The molecule has 2 N–H and O–H groups in total. The van der Waals surface area contributed by atoms with Gasteiger partial charge < -0.3 is 15.2 Å². The van der Waals surface area contributed by atoms with Crippen LogP contribution in [0.15, 0.2) is 53.8 Å². The highest BCUT2D eigenvalue weighted by Crippen LogP contribution is 2.22. The average molecular weight is 448 g/mol. The second-order valence-corrected chi connectivity index (χ2v) is 7.44. The molecule has 6 nitrogen and oxygen atoms in total. The second kappa shape index (κ2) is 10.4. The van der Waals surface area contributed by atoms with Gasteiger partial charge >= 0.3 is 0 Å². The minimum atomic E-state index is -0.407. The molecular weight excluding hydrogens is 429 g/mol. The normalized spacial score (nSPS) is 10.7. The summed E-state index contributed by atoms with van der Waals surface area (Å²) in [7, 11) is 0. The van der Waals surface area contributed by atoms with Crippen molar-refractivity contribution >= 4 is 29.3 Å². The van der Waals surface area contributed by atoms with Crippen LogP contribution < -0.4 is 10.1 Å². The lowest BCUT2D eigenvalue weighted by Gasteiger charge is -2.12. The largest absolute Gasteiger partial charge is 0.472 e. The Balaban J connectivity index is 1.73. The molecule has 0 bridgehead atoms. The summed E-state index contributed by atoms with van der Waals surface area (Å²) in [5.41, 5.74) is 2.33. The van der Waals surface area contributed by atoms with E-state index in [0.29, 0.717) is 15.7 Å². The van der Waals surface area contributed by atoms with Gasteiger partial charge in [0, 0.05) is 17.8 Å². The van der Waals surface area contributed by atoms with E-state index in [-0.39, 0.29) is 37.0 Å². The molecule has 0 fully saturated rings. The maximum atomic E-state index is 13.0. The van der Waals surface area contributed by atoms with Gasteiger partial charge in [-0.05, 0) is 41.1 Å². The number of hydrogen-bond donors (Lipinski definition) is 2. The van der Waals surface area contributed by atoms with Crippen LogP contribution in [-0.4, -0.2) is 27.2 Å². The smallest absolute Gasteiger partial charge is 0.258 e. The van der Waals surface area contributed by atoms with Gasteiger partial charge in [-0.1, -0.05) is 47.6 Å². The zero-order valence-corrected chi connectivity index (χ0v) is 17.6. The Hall–Kier alpha value is -2.68. The van der Waals surface area contributed by atoms with Crippen molar-refractivity contribution in [2.75, 3.05) is 6.26 Å². The molecule has 0 radical (unpaired) electrons. The minimum Gasteiger partial charge on any atom is -0.472 e. The van der Waals surface area contributed by atoms with E-state index in [1.165, 1.54) is 30.1 Å². The number of carbonyl (C=O) groups is 1. The minimum absolute atomic E-state index is 0.133. The molecule has 0 aliphatic carbocycles. The molecule has 1 aromatic heterocycles. The van der Waals surface area contributed by atoms with E-state index in [1.54, 1.807) is 30.3 Å². The third kappa shape index (κ3) is 5.69. The van der Waals surface area contributed by atoms with E-state index in [0.717, 1.165) is 11.1 Å². The van der Waals surface area contributed by atoms with Crippen LogP contribution in [0.1, 0.15) is 27.0 Å². The Kier molecular flexibility index (Phi) is 7.62. The van der Waals surface area contributed by atoms with E-state index in [9.17, 15) is 14.3 Å². The zero-order valence-electron chi connectivity index (χ0n) is 16.1. The number of carbonyl (C=O) groups excluding carboxylic acids is 1. The average Bonchev–Trinajstić information content (AvgIpc) is 2.77. The molecule has 0 aliphatic rings. The molecular formula is C21H19ClFN3O3S. The Bertz CT molecular complexity index is 1030. The topological polar surface area (TPSA) is 84.3 Å². The summed E-state index contributed by atoms with van der Waals surface area (Å²) >= 11 is 7.44. The highest BCUT2D eigenvalue weighted by Gasteiger charge is 2.16. The molecule has 156 valence electrons. The maximum Gasteiger partial charge on any atom is 0.258 e. The zero-order chi connectivity index (χ0) is 21.5. The number of aliphatic hydroxyl groups is 1. The molecule has 0 saturated carbocycles. The second-order valence-electron chi connectivity index (χ2n) is 6.26. The van der Waals surface area contributed by atoms with E-state index < -0.39 is 5.91 Å². The molecule has 3 rings (SSSR count). The van der Waals surface area contributed by atoms with Gasteiger partial charge in [0.15, 0.2) is 5.16 Å². The number of amides is 1. The molecule has 30 heavy (non-hydrogen) atoms. The number of thioether (sulfide) groups is 1. The van der Waals surface area contributed by atoms with Crippen LogP contribution in [-0.2, 0) is 19.8 Å². The molecule has 1 amide bonds. The van der Waals surface area contributed by atoms with Gasteiger partial charge in [-0.2, -0.15) is 4.98 Å². The summed E-state index contributed by atoms with van der Waals surface area (Å²) in [5, 5.41) is 12.9. The first kappa shape index (κ1) is 22.0. The predicted molar refractivity (Wildman–Crippen MR) is 113 cm³/mol. The van der Waals surface area contributed by atoms with Crippen molar-refractivity contribution in [1.29, 1.82) is 0 Å². The van der Waals surface area contributed by atoms with Crippen LogP contribution in [0.3, 0.4) is 0 Å². The number of aliphatic hydroxyl groups excluding tert-OH is 1. The van der Waals surface area contributed by atoms with Crippen molar-refractivity contribution in [3.8, 4) is 5.88 Å². The molecule has 0 saturated heterocycles. The number of nitrogens with zero attached hydrogens (tertiary/aromatic N) is 2. The van der Waals surface area contributed by atoms with Crippen LogP contribution in [0.4, 0.5) is 4.39 Å². The van der Waals surface area contributed by atoms with Crippen molar-refractivity contribution in [3.05, 3.63) is 81.8 Å². The third-order valence-electron chi connectivity index (χ3n) is 4.19. The van der Waals surface area contributed by atoms with E-state index in [2.05, 4.69) is 15.3 Å². The molecule has 0 aliphatic heterocycles. The fraction of sp³-hybridized carbons (Fsp3) is 0.190. The Morgan fingerprint density at radius 2 is 1.97 bits per heavy atom. The molecule has 0 spiro atoms. The highest BCUT2D eigenvalue weighted by atomic mass is 35.5. The number of nitrogens with one attached hydrogen (secondary N) is 1. The Labute approximate surface area is 182 Å². The van der Waals surface area contributed by atoms with Crippen molar-refractivity contribution in [2.45, 2.75) is 24.9 Å². The third-order valence-corrected chi connectivity index (χ3v) is 5.10. The standard InChI is InChI=1S/C21H19ClFN3O3S/c1-30-21-25-10-17(19(28)24-9-13-3-6-16(23)7-4-13)20(26-21)29-12-14-2-5-15(11-27)18(22)8-14/h2-8,10,27H,9,11-12H2,1H3,(H,24,28). The summed E-state index contributed by atoms with van der Waals surface area (Å²) in [6, 6.07) is 11.0. The summed E-state index contributed by atoms with van der Waals surface area (Å²) in [5.74, 6) is -0.599. The molecule has 1 heterocycles. The first-order valence-electron chi connectivity index (χ1n) is 8.94. The van der Waals surface area contributed by atoms with Crippen molar-refractivity contribution in [3.63, 3.8) is 0 Å². The van der Waals surface area contributed by atoms with Crippen molar-refractivity contribution < 1.29 is 19.0 Å². The van der Waals surface area contributed by atoms with Gasteiger partial charge in [-0.15, -0.1) is 0 Å². The summed E-state index contributed by atoms with van der Waals surface area (Å²) in [6.07, 6.45) is 3.23. The highest BCUT2D eigenvalue weighted by molar-refractivity contribution is 7.98. The van der Waals surface area contributed by atoms with Crippen LogP contribution >= 0.6 is 23.4 Å². The van der Waals surface area contributed by atoms with E-state index in [1.807, 2.05) is 6.26 Å². The number of rotatable bonds is 8. The van der Waals surface area contributed by atoms with Crippen LogP contribution in [0.2, 0.25) is 5.02 Å². The van der Waals surface area contributed by atoms with E-state index >= 15 is 0 Å². The van der Waals surface area contributed by atoms with Crippen LogP contribution in [0, 0.1) is 5.82 Å². The fourth-order valence-corrected chi connectivity index (χ4v) is 3.15. The first-order valence-corrected chi connectivity index (χ1v) is 10.5. The lowest BCUT2D eigenvalue weighted by atomic mass is 10.1. The number of halogens is 2. The van der Waals surface area contributed by atoms with Gasteiger partial charge in [-0.25, -0.2) is 9.37 Å². The number of aromatic nitrogens is 2. The molecule has 0 atom stereocenters. The lowest BCUT2D eigenvalue weighted by Crippen LogP contribution is -2.24. The first-order chi connectivity index (χ1) is 14.5. The fourth-order valence-electron chi connectivity index (χ4n) is 2.56. The summed E-state index contributed by atoms with van der Waals surface area (Å²) in [6.45, 7) is 0.205. The van der Waals surface area contributed by atoms with Crippen LogP contribution in [0.25, 0.3) is 0 Å². The molecule has 3 aromatic rings. The Morgan fingerprint density at radius 1 is 1.23 bits per heavy atom. The lowest BCUT2D eigenvalue weighted by molar-refractivity contribution is 0.0944. The number of hydrogen-bond acceptors (Lipinski definition) is 6. The monoisotopic (exact) mass is 447 g/mol. The SMILES string of the molecule is CSc1ncc(C(=O)NCc2ccc(F)cc2)c(OCc2ccc(CO)c(Cl)c2)n1. The van der Waals surface area contributed by atoms with Gasteiger partial charge in [0.25, 0.3) is 5.91 Å². The van der Waals surface area contributed by atoms with Gasteiger partial charge in [0.05, 0.1) is 6.61 Å². The molecule has 9 heteroatoms. The van der Waals surface area contributed by atoms with Crippen molar-refractivity contribution in [2.24, 2.45) is 0 Å². The predicted octanol–water partition coefficient (Wildman–Crippen LogP) is 3.99. The molecule has 0 unspecified atom stereocenters. The van der Waals surface area contributed by atoms with Gasteiger partial charge in [-0.3, -0.25) is 4.79 Å². The van der Waals surface area contributed by atoms with Gasteiger partial charge in [0.2, 0.25) is 5.88 Å². The maximum absolute atomic E-state index is 13.0.